The highest BCUT2D eigenvalue weighted by Gasteiger charge is 2.16. The molecule has 0 aromatic carbocycles. The van der Waals surface area contributed by atoms with Gasteiger partial charge in [-0.15, -0.1) is 11.3 Å². The lowest BCUT2D eigenvalue weighted by molar-refractivity contribution is 0.392. The second kappa shape index (κ2) is 5.29. The van der Waals surface area contributed by atoms with Crippen molar-refractivity contribution in [1.29, 1.82) is 0 Å². The van der Waals surface area contributed by atoms with E-state index < -0.39 is 0 Å². The Kier molecular flexibility index (Phi) is 3.93. The zero-order chi connectivity index (χ0) is 13.3. The van der Waals surface area contributed by atoms with Gasteiger partial charge in [-0.1, -0.05) is 0 Å². The molecule has 18 heavy (non-hydrogen) atoms. The predicted molar refractivity (Wildman–Crippen MR) is 77.2 cm³/mol. The highest BCUT2D eigenvalue weighted by Crippen LogP contribution is 2.28. The van der Waals surface area contributed by atoms with Crippen molar-refractivity contribution in [1.82, 2.24) is 5.32 Å². The number of aryl methyl sites for hydroxylation is 3. The maximum absolute atomic E-state index is 5.66. The Bertz CT molecular complexity index is 526. The predicted octanol–water partition coefficient (Wildman–Crippen LogP) is 4.68. The van der Waals surface area contributed by atoms with Crippen LogP contribution in [0.3, 0.4) is 0 Å². The molecule has 0 aliphatic heterocycles. The summed E-state index contributed by atoms with van der Waals surface area (Å²) in [6, 6.07) is 6.91. The first-order chi connectivity index (χ1) is 8.47. The Hall–Kier alpha value is -1.06. The lowest BCUT2D eigenvalue weighted by Gasteiger charge is -2.18. The van der Waals surface area contributed by atoms with E-state index in [1.165, 1.54) is 15.3 Å². The Balaban J connectivity index is 2.07. The molecule has 2 atom stereocenters. The third-order valence-corrected chi connectivity index (χ3v) is 4.22. The van der Waals surface area contributed by atoms with Gasteiger partial charge < -0.3 is 9.73 Å². The molecule has 0 radical (unpaired) electrons. The lowest BCUT2D eigenvalue weighted by Crippen LogP contribution is -2.22. The van der Waals surface area contributed by atoms with Gasteiger partial charge in [-0.2, -0.15) is 0 Å². The molecule has 2 aromatic heterocycles. The molecular weight excluding hydrogens is 242 g/mol. The Labute approximate surface area is 113 Å². The van der Waals surface area contributed by atoms with Crippen LogP contribution in [0.5, 0.6) is 0 Å². The number of rotatable bonds is 4. The number of thiophene rings is 1. The smallest absolute Gasteiger partial charge is 0.120 e. The minimum absolute atomic E-state index is 0.230. The quantitative estimate of drug-likeness (QED) is 0.866. The van der Waals surface area contributed by atoms with Crippen molar-refractivity contribution in [2.24, 2.45) is 0 Å². The molecule has 0 bridgehead atoms. The highest BCUT2D eigenvalue weighted by atomic mass is 32.1. The molecule has 2 aromatic rings. The maximum Gasteiger partial charge on any atom is 0.120 e. The van der Waals surface area contributed by atoms with E-state index in [2.05, 4.69) is 39.1 Å². The molecule has 1 N–H and O–H groups in total. The SMILES string of the molecule is Cc1ccc(C(C)NC(C)c2cc(C)sc2C)o1. The molecule has 0 fully saturated rings. The van der Waals surface area contributed by atoms with Crippen molar-refractivity contribution < 1.29 is 4.42 Å². The summed E-state index contributed by atoms with van der Waals surface area (Å²) in [5.41, 5.74) is 1.40. The van der Waals surface area contributed by atoms with E-state index in [-0.39, 0.29) is 6.04 Å². The fraction of sp³-hybridized carbons (Fsp3) is 0.467. The molecule has 0 saturated carbocycles. The molecule has 2 unspecified atom stereocenters. The summed E-state index contributed by atoms with van der Waals surface area (Å²) >= 11 is 1.86. The molecule has 0 aliphatic carbocycles. The number of hydrogen-bond donors (Lipinski definition) is 1. The number of furan rings is 1. The van der Waals surface area contributed by atoms with Gasteiger partial charge in [0.15, 0.2) is 0 Å². The van der Waals surface area contributed by atoms with Crippen LogP contribution >= 0.6 is 11.3 Å². The Morgan fingerprint density at radius 1 is 1.11 bits per heavy atom. The van der Waals surface area contributed by atoms with Crippen LogP contribution in [-0.2, 0) is 0 Å². The van der Waals surface area contributed by atoms with Crippen LogP contribution < -0.4 is 5.32 Å². The summed E-state index contributed by atoms with van der Waals surface area (Å²) in [6.07, 6.45) is 0. The molecule has 98 valence electrons. The van der Waals surface area contributed by atoms with Gasteiger partial charge in [-0.3, -0.25) is 0 Å². The van der Waals surface area contributed by atoms with Crippen LogP contribution in [0.25, 0.3) is 0 Å². The fourth-order valence-corrected chi connectivity index (χ4v) is 3.34. The average Bonchev–Trinajstić information content (AvgIpc) is 2.84. The van der Waals surface area contributed by atoms with Crippen LogP contribution in [0.15, 0.2) is 22.6 Å². The molecule has 0 saturated heterocycles. The van der Waals surface area contributed by atoms with Crippen molar-refractivity contribution in [2.75, 3.05) is 0 Å². The molecule has 0 spiro atoms. The van der Waals surface area contributed by atoms with Crippen LogP contribution in [0.4, 0.5) is 0 Å². The Morgan fingerprint density at radius 3 is 2.33 bits per heavy atom. The zero-order valence-electron chi connectivity index (χ0n) is 11.7. The van der Waals surface area contributed by atoms with E-state index in [4.69, 9.17) is 4.42 Å². The molecular formula is C15H21NOS. The molecule has 2 nitrogen and oxygen atoms in total. The summed E-state index contributed by atoms with van der Waals surface area (Å²) in [6.45, 7) is 10.7. The summed E-state index contributed by atoms with van der Waals surface area (Å²) in [7, 11) is 0. The van der Waals surface area contributed by atoms with E-state index in [9.17, 15) is 0 Å². The fourth-order valence-electron chi connectivity index (χ4n) is 2.31. The van der Waals surface area contributed by atoms with Gasteiger partial charge in [0, 0.05) is 15.8 Å². The topological polar surface area (TPSA) is 25.2 Å². The van der Waals surface area contributed by atoms with Crippen LogP contribution in [0, 0.1) is 20.8 Å². The minimum atomic E-state index is 0.230. The average molecular weight is 263 g/mol. The van der Waals surface area contributed by atoms with Crippen molar-refractivity contribution >= 4 is 11.3 Å². The van der Waals surface area contributed by atoms with E-state index >= 15 is 0 Å². The first kappa shape index (κ1) is 13.4. The van der Waals surface area contributed by atoms with Gasteiger partial charge in [-0.05, 0) is 58.4 Å². The van der Waals surface area contributed by atoms with Crippen LogP contribution in [0.1, 0.15) is 52.8 Å². The second-order valence-electron chi connectivity index (χ2n) is 4.93. The highest BCUT2D eigenvalue weighted by molar-refractivity contribution is 7.12. The van der Waals surface area contributed by atoms with Gasteiger partial charge in [0.1, 0.15) is 11.5 Å². The first-order valence-electron chi connectivity index (χ1n) is 6.36. The zero-order valence-corrected chi connectivity index (χ0v) is 12.5. The van der Waals surface area contributed by atoms with Crippen molar-refractivity contribution in [3.63, 3.8) is 0 Å². The van der Waals surface area contributed by atoms with Crippen molar-refractivity contribution in [3.05, 3.63) is 45.0 Å². The summed E-state index contributed by atoms with van der Waals surface area (Å²) in [4.78, 5) is 2.77. The van der Waals surface area contributed by atoms with E-state index in [0.29, 0.717) is 6.04 Å². The largest absolute Gasteiger partial charge is 0.465 e. The lowest BCUT2D eigenvalue weighted by atomic mass is 10.1. The molecule has 0 amide bonds. The summed E-state index contributed by atoms with van der Waals surface area (Å²) in [5, 5.41) is 3.59. The summed E-state index contributed by atoms with van der Waals surface area (Å²) in [5.74, 6) is 1.97. The third kappa shape index (κ3) is 2.85. The minimum Gasteiger partial charge on any atom is -0.465 e. The van der Waals surface area contributed by atoms with Crippen LogP contribution in [-0.4, -0.2) is 0 Å². The third-order valence-electron chi connectivity index (χ3n) is 3.23. The summed E-state index contributed by atoms with van der Waals surface area (Å²) < 4.78 is 5.66. The van der Waals surface area contributed by atoms with Gasteiger partial charge in [-0.25, -0.2) is 0 Å². The van der Waals surface area contributed by atoms with Crippen molar-refractivity contribution in [2.45, 2.75) is 46.7 Å². The van der Waals surface area contributed by atoms with E-state index in [1.807, 2.05) is 30.4 Å². The van der Waals surface area contributed by atoms with Gasteiger partial charge >= 0.3 is 0 Å². The first-order valence-corrected chi connectivity index (χ1v) is 7.18. The van der Waals surface area contributed by atoms with Crippen LogP contribution in [0.2, 0.25) is 0 Å². The second-order valence-corrected chi connectivity index (χ2v) is 6.39. The normalized spacial score (nSPS) is 14.7. The monoisotopic (exact) mass is 263 g/mol. The van der Waals surface area contributed by atoms with Gasteiger partial charge in [0.25, 0.3) is 0 Å². The molecule has 2 heterocycles. The molecule has 3 heteroatoms. The molecule has 2 rings (SSSR count). The van der Waals surface area contributed by atoms with Gasteiger partial charge in [0.2, 0.25) is 0 Å². The number of nitrogens with one attached hydrogen (secondary N) is 1. The maximum atomic E-state index is 5.66. The standard InChI is InChI=1S/C15H21NOS/c1-9-6-7-15(17-9)12(4)16-11(3)14-8-10(2)18-13(14)5/h6-8,11-12,16H,1-5H3. The van der Waals surface area contributed by atoms with Gasteiger partial charge in [0.05, 0.1) is 6.04 Å². The van der Waals surface area contributed by atoms with E-state index in [0.717, 1.165) is 11.5 Å². The Morgan fingerprint density at radius 2 is 1.83 bits per heavy atom. The number of hydrogen-bond acceptors (Lipinski definition) is 3. The van der Waals surface area contributed by atoms with E-state index in [1.54, 1.807) is 0 Å². The molecule has 0 aliphatic rings. The van der Waals surface area contributed by atoms with Crippen molar-refractivity contribution in [3.8, 4) is 0 Å².